The highest BCUT2D eigenvalue weighted by Crippen LogP contribution is 2.34. The number of alkyl carbamates (subject to hydrolysis) is 1. The second-order valence-corrected chi connectivity index (χ2v) is 17.4. The molecule has 4 aromatic rings. The third-order valence-electron chi connectivity index (χ3n) is 10.8. The summed E-state index contributed by atoms with van der Waals surface area (Å²) in [4.78, 5) is 73.0. The van der Waals surface area contributed by atoms with Crippen LogP contribution in [0, 0.1) is 5.92 Å². The van der Waals surface area contributed by atoms with E-state index in [0.717, 1.165) is 54.5 Å². The Hall–Kier alpha value is -5.63. The Labute approximate surface area is 365 Å². The lowest BCUT2D eigenvalue weighted by molar-refractivity contribution is -0.177. The summed E-state index contributed by atoms with van der Waals surface area (Å²) in [5, 5.41) is 10.6. The Morgan fingerprint density at radius 1 is 0.871 bits per heavy atom. The fourth-order valence-electron chi connectivity index (χ4n) is 7.60. The molecule has 5 N–H and O–H groups in total. The number of nitrogens with zero attached hydrogens (tertiary/aromatic N) is 3. The molecule has 15 heteroatoms. The van der Waals surface area contributed by atoms with Gasteiger partial charge in [-0.2, -0.15) is 4.52 Å². The number of fused-ring (bicyclic) bond motifs is 1. The van der Waals surface area contributed by atoms with Gasteiger partial charge in [-0.1, -0.05) is 111 Å². The first-order valence-corrected chi connectivity index (χ1v) is 22.5. The number of carbonyl (C=O) groups is 4. The van der Waals surface area contributed by atoms with Crippen LogP contribution in [0.4, 0.5) is 10.5 Å². The fraction of sp³-hybridized carbons (Fsp3) is 0.383. The number of piperidine rings is 1. The van der Waals surface area contributed by atoms with Gasteiger partial charge in [0.2, 0.25) is 25.7 Å². The predicted molar refractivity (Wildman–Crippen MR) is 241 cm³/mol. The van der Waals surface area contributed by atoms with E-state index in [1.807, 2.05) is 110 Å². The minimum Gasteiger partial charge on any atom is -0.603 e. The highest BCUT2D eigenvalue weighted by Gasteiger charge is 2.34. The van der Waals surface area contributed by atoms with E-state index in [1.165, 1.54) is 16.3 Å². The maximum absolute atomic E-state index is 14.3. The number of nitrogens with two attached hydrogens (primary N) is 1. The molecule has 62 heavy (non-hydrogen) atoms. The summed E-state index contributed by atoms with van der Waals surface area (Å²) < 4.78 is 11.4. The van der Waals surface area contributed by atoms with E-state index in [2.05, 4.69) is 33.0 Å². The van der Waals surface area contributed by atoms with Gasteiger partial charge in [0, 0.05) is 49.4 Å². The maximum Gasteiger partial charge on any atom is 0.408 e. The number of carbonyl (C=O) groups excluding carboxylic acids is 4. The summed E-state index contributed by atoms with van der Waals surface area (Å²) in [6.07, 6.45) is 1.54. The molecule has 0 radical (unpaired) electrons. The van der Waals surface area contributed by atoms with Crippen LogP contribution >= 0.6 is 8.00 Å². The van der Waals surface area contributed by atoms with E-state index in [0.29, 0.717) is 12.1 Å². The second kappa shape index (κ2) is 22.5. The molecule has 1 fully saturated rings. The Bertz CT molecular complexity index is 2190. The van der Waals surface area contributed by atoms with E-state index in [1.54, 1.807) is 13.1 Å². The van der Waals surface area contributed by atoms with Gasteiger partial charge in [0.1, 0.15) is 25.1 Å². The lowest BCUT2D eigenvalue weighted by Gasteiger charge is -2.32. The van der Waals surface area contributed by atoms with Crippen LogP contribution in [-0.4, -0.2) is 83.5 Å². The number of hydrogen-bond acceptors (Lipinski definition) is 10. The number of anilines is 1. The maximum atomic E-state index is 14.3. The molecule has 6 rings (SSSR count). The van der Waals surface area contributed by atoms with Crippen LogP contribution in [0.15, 0.2) is 115 Å². The van der Waals surface area contributed by atoms with Crippen LogP contribution in [0.1, 0.15) is 64.0 Å². The Morgan fingerprint density at radius 2 is 1.53 bits per heavy atom. The quantitative estimate of drug-likeness (QED) is 0.0740. The van der Waals surface area contributed by atoms with E-state index < -0.39 is 38.3 Å². The summed E-state index contributed by atoms with van der Waals surface area (Å²) in [5.41, 5.74) is 9.41. The highest BCUT2D eigenvalue weighted by molar-refractivity contribution is 7.44. The minimum absolute atomic E-state index is 0.0132. The molecule has 4 amide bonds. The second-order valence-electron chi connectivity index (χ2n) is 16.3. The van der Waals surface area contributed by atoms with Crippen molar-refractivity contribution in [2.45, 2.75) is 90.4 Å². The van der Waals surface area contributed by atoms with Crippen LogP contribution in [0.2, 0.25) is 0 Å². The molecule has 2 unspecified atom stereocenters. The molecule has 2 aliphatic rings. The van der Waals surface area contributed by atoms with Gasteiger partial charge in [0.15, 0.2) is 6.23 Å². The lowest BCUT2D eigenvalue weighted by Crippen LogP contribution is -2.51. The molecule has 0 aliphatic carbocycles. The third kappa shape index (κ3) is 13.4. The molecular formula is C47H58N7O7P. The molecular weight excluding hydrogens is 806 g/mol. The summed E-state index contributed by atoms with van der Waals surface area (Å²) >= 11 is 0. The Balaban J connectivity index is 1.14. The van der Waals surface area contributed by atoms with Gasteiger partial charge in [0.25, 0.3) is 0 Å². The van der Waals surface area contributed by atoms with Crippen molar-refractivity contribution in [3.05, 3.63) is 126 Å². The number of rotatable bonds is 18. The molecule has 0 spiro atoms. The van der Waals surface area contributed by atoms with Crippen molar-refractivity contribution in [2.75, 3.05) is 24.7 Å². The number of benzene rings is 4. The zero-order valence-corrected chi connectivity index (χ0v) is 36.5. The summed E-state index contributed by atoms with van der Waals surface area (Å²) in [5.74, 6) is 0.144. The fourth-order valence-corrected chi connectivity index (χ4v) is 8.39. The van der Waals surface area contributed by atoms with Crippen molar-refractivity contribution in [3.8, 4) is 0 Å². The molecule has 0 aromatic heterocycles. The smallest absolute Gasteiger partial charge is 0.408 e. The largest absolute Gasteiger partial charge is 0.603 e. The SMILES string of the molecule is CC(C)CC(NC(=O)[C@H](CC1=CN(C(=O)[C@H](C)N)CN1c1cccc2ccccc12)NC(=O)OCc1ccccc1)O[P+]([O-])=CCC(=O)NC1CCN(Cc2ccccc2)CC1. The van der Waals surface area contributed by atoms with Crippen LogP contribution < -0.4 is 31.5 Å². The Morgan fingerprint density at radius 3 is 2.23 bits per heavy atom. The molecule has 0 saturated carbocycles. The highest BCUT2D eigenvalue weighted by atomic mass is 31.1. The van der Waals surface area contributed by atoms with Gasteiger partial charge in [-0.3, -0.25) is 24.2 Å². The summed E-state index contributed by atoms with van der Waals surface area (Å²) in [6.45, 7) is 8.17. The van der Waals surface area contributed by atoms with Crippen LogP contribution in [0.25, 0.3) is 10.8 Å². The predicted octanol–water partition coefficient (Wildman–Crippen LogP) is 5.47. The van der Waals surface area contributed by atoms with Gasteiger partial charge in [-0.05, 0) is 54.7 Å². The van der Waals surface area contributed by atoms with Crippen molar-refractivity contribution in [3.63, 3.8) is 0 Å². The van der Waals surface area contributed by atoms with Crippen LogP contribution in [0.3, 0.4) is 0 Å². The molecule has 0 bridgehead atoms. The van der Waals surface area contributed by atoms with Crippen molar-refractivity contribution in [1.29, 1.82) is 0 Å². The molecule has 4 aromatic carbocycles. The monoisotopic (exact) mass is 863 g/mol. The van der Waals surface area contributed by atoms with E-state index >= 15 is 0 Å². The van der Waals surface area contributed by atoms with E-state index in [-0.39, 0.29) is 49.9 Å². The third-order valence-corrected chi connectivity index (χ3v) is 11.7. The normalized spacial score (nSPS) is 16.4. The summed E-state index contributed by atoms with van der Waals surface area (Å²) in [7, 11) is -2.47. The molecule has 2 heterocycles. The number of nitrogens with one attached hydrogen (secondary N) is 3. The first-order chi connectivity index (χ1) is 29.9. The van der Waals surface area contributed by atoms with Gasteiger partial charge in [-0.15, -0.1) is 0 Å². The lowest BCUT2D eigenvalue weighted by atomic mass is 10.0. The zero-order valence-electron chi connectivity index (χ0n) is 35.7. The topological polar surface area (TPSA) is 182 Å². The number of ether oxygens (including phenoxy) is 1. The minimum atomic E-state index is -2.47. The summed E-state index contributed by atoms with van der Waals surface area (Å²) in [6, 6.07) is 31.1. The average molecular weight is 864 g/mol. The van der Waals surface area contributed by atoms with Crippen LogP contribution in [-0.2, 0) is 36.8 Å². The zero-order chi connectivity index (χ0) is 44.0. The average Bonchev–Trinajstić information content (AvgIpc) is 3.68. The Kier molecular flexibility index (Phi) is 16.6. The van der Waals surface area contributed by atoms with Crippen molar-refractivity contribution < 1.29 is 33.3 Å². The van der Waals surface area contributed by atoms with Gasteiger partial charge < -0.3 is 36.2 Å². The number of likely N-dealkylation sites (tertiary alicyclic amines) is 1. The molecule has 14 nitrogen and oxygen atoms in total. The molecule has 4 atom stereocenters. The van der Waals surface area contributed by atoms with Crippen molar-refractivity contribution in [2.24, 2.45) is 11.7 Å². The molecule has 2 aliphatic heterocycles. The van der Waals surface area contributed by atoms with Crippen molar-refractivity contribution in [1.82, 2.24) is 25.8 Å². The van der Waals surface area contributed by atoms with E-state index in [4.69, 9.17) is 15.0 Å². The van der Waals surface area contributed by atoms with Crippen molar-refractivity contribution >= 4 is 54.1 Å². The van der Waals surface area contributed by atoms with Gasteiger partial charge >= 0.3 is 6.09 Å². The first-order valence-electron chi connectivity index (χ1n) is 21.2. The number of hydrogen-bond donors (Lipinski definition) is 4. The standard InChI is InChI=1S/C47H58N7O7P/c1-33(2)27-44(61-62(59)26-23-43(55)49-38-21-24-52(25-22-38)29-35-13-6-4-7-14-35)51-45(56)41(50-47(58)60-31-36-15-8-5-9-16-36)28-39-30-53(46(57)34(3)48)32-54(39)42-20-12-18-37-17-10-11-19-40(37)42/h4-20,26,30,33-34,38,41,44H,21-25,27-29,31-32,48H2,1-3H3,(H,49,55)(H,50,58)(H,51,56)/t34-,41-,44?/m0/s1. The van der Waals surface area contributed by atoms with Crippen LogP contribution in [0.5, 0.6) is 0 Å². The van der Waals surface area contributed by atoms with Gasteiger partial charge in [0.05, 0.1) is 18.2 Å². The molecule has 1 saturated heterocycles. The number of amides is 4. The van der Waals surface area contributed by atoms with E-state index in [9.17, 15) is 24.1 Å². The first kappa shape index (κ1) is 45.9. The van der Waals surface area contributed by atoms with Gasteiger partial charge in [-0.25, -0.2) is 4.79 Å². The molecule has 328 valence electrons.